The topological polar surface area (TPSA) is 77.9 Å². The van der Waals surface area contributed by atoms with Crippen LogP contribution in [0.3, 0.4) is 0 Å². The summed E-state index contributed by atoms with van der Waals surface area (Å²) < 4.78 is 25.9. The van der Waals surface area contributed by atoms with Crippen LogP contribution in [0.5, 0.6) is 5.75 Å². The molecule has 1 heterocycles. The van der Waals surface area contributed by atoms with Crippen molar-refractivity contribution in [3.05, 3.63) is 24.3 Å². The third-order valence-electron chi connectivity index (χ3n) is 3.09. The highest BCUT2D eigenvalue weighted by molar-refractivity contribution is 7.89. The predicted molar refractivity (Wildman–Crippen MR) is 69.1 cm³/mol. The van der Waals surface area contributed by atoms with E-state index >= 15 is 0 Å². The Morgan fingerprint density at radius 2 is 2.00 bits per heavy atom. The molecule has 0 saturated carbocycles. The first kappa shape index (κ1) is 13.8. The smallest absolute Gasteiger partial charge is 0.243 e. The van der Waals surface area contributed by atoms with E-state index in [1.165, 1.54) is 29.2 Å². The summed E-state index contributed by atoms with van der Waals surface area (Å²) >= 11 is 0. The molecule has 1 aromatic rings. The van der Waals surface area contributed by atoms with Crippen molar-refractivity contribution >= 4 is 15.9 Å². The molecule has 1 fully saturated rings. The number of benzene rings is 1. The Labute approximate surface area is 112 Å². The molecule has 1 aliphatic heterocycles. The zero-order valence-corrected chi connectivity index (χ0v) is 11.4. The molecule has 6 nitrogen and oxygen atoms in total. The highest BCUT2D eigenvalue weighted by atomic mass is 32.2. The molecule has 0 bridgehead atoms. The summed E-state index contributed by atoms with van der Waals surface area (Å²) in [5.41, 5.74) is 0. The molecular formula is C12H16N2O4S. The van der Waals surface area contributed by atoms with Gasteiger partial charge in [0.2, 0.25) is 15.9 Å². The van der Waals surface area contributed by atoms with Crippen molar-refractivity contribution in [2.24, 2.45) is 0 Å². The molecule has 1 amide bonds. The van der Waals surface area contributed by atoms with Gasteiger partial charge in [-0.25, -0.2) is 8.42 Å². The number of rotatable bonds is 2. The highest BCUT2D eigenvalue weighted by Crippen LogP contribution is 2.21. The minimum absolute atomic E-state index is 0.00449. The van der Waals surface area contributed by atoms with E-state index in [-0.39, 0.29) is 23.1 Å². The van der Waals surface area contributed by atoms with Crippen LogP contribution < -0.4 is 0 Å². The zero-order valence-electron chi connectivity index (χ0n) is 10.6. The third-order valence-corrected chi connectivity index (χ3v) is 4.93. The summed E-state index contributed by atoms with van der Waals surface area (Å²) in [6, 6.07) is 5.47. The quantitative estimate of drug-likeness (QED) is 0.844. The number of aromatic hydroxyl groups is 1. The van der Waals surface area contributed by atoms with Crippen molar-refractivity contribution in [3.63, 3.8) is 0 Å². The van der Waals surface area contributed by atoms with Gasteiger partial charge in [0.05, 0.1) is 11.4 Å². The van der Waals surface area contributed by atoms with E-state index in [0.29, 0.717) is 19.5 Å². The Hall–Kier alpha value is -1.60. The maximum Gasteiger partial charge on any atom is 0.243 e. The average Bonchev–Trinajstić information content (AvgIpc) is 2.52. The molecule has 19 heavy (non-hydrogen) atoms. The van der Waals surface area contributed by atoms with Crippen molar-refractivity contribution in [1.82, 2.24) is 9.21 Å². The van der Waals surface area contributed by atoms with Crippen LogP contribution >= 0.6 is 0 Å². The molecule has 1 saturated heterocycles. The van der Waals surface area contributed by atoms with Crippen LogP contribution in [0.1, 0.15) is 6.42 Å². The fraction of sp³-hybridized carbons (Fsp3) is 0.417. The number of hydrogen-bond donors (Lipinski definition) is 1. The van der Waals surface area contributed by atoms with Gasteiger partial charge in [-0.3, -0.25) is 4.79 Å². The molecule has 1 aliphatic rings. The maximum atomic E-state index is 12.4. The van der Waals surface area contributed by atoms with E-state index in [1.54, 1.807) is 7.05 Å². The minimum Gasteiger partial charge on any atom is -0.508 e. The molecule has 0 radical (unpaired) electrons. The second-order valence-electron chi connectivity index (χ2n) is 4.50. The minimum atomic E-state index is -3.74. The molecule has 0 aromatic heterocycles. The highest BCUT2D eigenvalue weighted by Gasteiger charge is 2.29. The lowest BCUT2D eigenvalue weighted by molar-refractivity contribution is -0.129. The normalized spacial score (nSPS) is 18.4. The van der Waals surface area contributed by atoms with Crippen molar-refractivity contribution in [2.75, 3.05) is 26.7 Å². The number of carbonyl (C=O) groups is 1. The first-order chi connectivity index (χ1) is 8.91. The molecule has 0 unspecified atom stereocenters. The van der Waals surface area contributed by atoms with Gasteiger partial charge in [0.25, 0.3) is 0 Å². The Morgan fingerprint density at radius 3 is 2.68 bits per heavy atom. The van der Waals surface area contributed by atoms with E-state index < -0.39 is 10.0 Å². The summed E-state index contributed by atoms with van der Waals surface area (Å²) in [6.45, 7) is 0.688. The number of amides is 1. The third kappa shape index (κ3) is 2.87. The standard InChI is InChI=1S/C12H16N2O4S/c1-13-6-3-7-14(9-12(13)16)19(17,18)11-5-2-4-10(15)8-11/h2,4-5,8,15H,3,6-7,9H2,1H3. The lowest BCUT2D eigenvalue weighted by Crippen LogP contribution is -2.37. The monoisotopic (exact) mass is 284 g/mol. The molecule has 0 atom stereocenters. The van der Waals surface area contributed by atoms with Gasteiger partial charge in [-0.15, -0.1) is 0 Å². The van der Waals surface area contributed by atoms with Crippen LogP contribution in [0.4, 0.5) is 0 Å². The first-order valence-electron chi connectivity index (χ1n) is 5.94. The Morgan fingerprint density at radius 1 is 1.26 bits per heavy atom. The van der Waals surface area contributed by atoms with E-state index in [0.717, 1.165) is 4.31 Å². The number of nitrogens with zero attached hydrogens (tertiary/aromatic N) is 2. The van der Waals surface area contributed by atoms with Crippen LogP contribution in [0, 0.1) is 0 Å². The molecular weight excluding hydrogens is 268 g/mol. The molecule has 1 aromatic carbocycles. The summed E-state index contributed by atoms with van der Waals surface area (Å²) in [5.74, 6) is -0.333. The molecule has 0 aliphatic carbocycles. The predicted octanol–water partition coefficient (Wildman–Crippen LogP) is 0.245. The van der Waals surface area contributed by atoms with Gasteiger partial charge in [0, 0.05) is 20.1 Å². The van der Waals surface area contributed by atoms with Crippen LogP contribution in [-0.4, -0.2) is 55.3 Å². The second-order valence-corrected chi connectivity index (χ2v) is 6.44. The van der Waals surface area contributed by atoms with Gasteiger partial charge in [-0.1, -0.05) is 6.07 Å². The Balaban J connectivity index is 2.31. The van der Waals surface area contributed by atoms with Crippen LogP contribution in [-0.2, 0) is 14.8 Å². The van der Waals surface area contributed by atoms with Crippen LogP contribution in [0.2, 0.25) is 0 Å². The van der Waals surface area contributed by atoms with Crippen molar-refractivity contribution in [2.45, 2.75) is 11.3 Å². The molecule has 1 N–H and O–H groups in total. The average molecular weight is 284 g/mol. The number of carbonyl (C=O) groups excluding carboxylic acids is 1. The fourth-order valence-corrected chi connectivity index (χ4v) is 3.43. The largest absolute Gasteiger partial charge is 0.508 e. The molecule has 2 rings (SSSR count). The molecule has 0 spiro atoms. The van der Waals surface area contributed by atoms with Gasteiger partial charge in [0.1, 0.15) is 5.75 Å². The lowest BCUT2D eigenvalue weighted by Gasteiger charge is -2.19. The van der Waals surface area contributed by atoms with Crippen LogP contribution in [0.15, 0.2) is 29.2 Å². The summed E-state index contributed by atoms with van der Waals surface area (Å²) in [5, 5.41) is 9.37. The van der Waals surface area contributed by atoms with Crippen molar-refractivity contribution < 1.29 is 18.3 Å². The van der Waals surface area contributed by atoms with E-state index in [2.05, 4.69) is 0 Å². The number of phenols is 1. The number of hydrogen-bond acceptors (Lipinski definition) is 4. The lowest BCUT2D eigenvalue weighted by atomic mass is 10.3. The molecule has 7 heteroatoms. The summed E-state index contributed by atoms with van der Waals surface area (Å²) in [6.07, 6.45) is 0.598. The van der Waals surface area contributed by atoms with Crippen molar-refractivity contribution in [1.29, 1.82) is 0 Å². The number of sulfonamides is 1. The second kappa shape index (κ2) is 5.18. The zero-order chi connectivity index (χ0) is 14.0. The molecule has 104 valence electrons. The van der Waals surface area contributed by atoms with Crippen LogP contribution in [0.25, 0.3) is 0 Å². The number of likely N-dealkylation sites (N-methyl/N-ethyl adjacent to an activating group) is 1. The maximum absolute atomic E-state index is 12.4. The first-order valence-corrected chi connectivity index (χ1v) is 7.38. The number of phenolic OH excluding ortho intramolecular Hbond substituents is 1. The van der Waals surface area contributed by atoms with Gasteiger partial charge < -0.3 is 10.0 Å². The van der Waals surface area contributed by atoms with E-state index in [9.17, 15) is 18.3 Å². The Kier molecular flexibility index (Phi) is 3.77. The summed E-state index contributed by atoms with van der Waals surface area (Å²) in [7, 11) is -2.08. The van der Waals surface area contributed by atoms with Crippen molar-refractivity contribution in [3.8, 4) is 5.75 Å². The summed E-state index contributed by atoms with van der Waals surface area (Å²) in [4.78, 5) is 13.3. The van der Waals surface area contributed by atoms with Gasteiger partial charge in [0.15, 0.2) is 0 Å². The van der Waals surface area contributed by atoms with Gasteiger partial charge >= 0.3 is 0 Å². The van der Waals surface area contributed by atoms with E-state index in [1.807, 2.05) is 0 Å². The van der Waals surface area contributed by atoms with E-state index in [4.69, 9.17) is 0 Å². The van der Waals surface area contributed by atoms with Gasteiger partial charge in [-0.05, 0) is 24.6 Å². The SMILES string of the molecule is CN1CCCN(S(=O)(=O)c2cccc(O)c2)CC1=O. The van der Waals surface area contributed by atoms with Gasteiger partial charge in [-0.2, -0.15) is 4.31 Å². The fourth-order valence-electron chi connectivity index (χ4n) is 1.96. The Bertz CT molecular complexity index is 585.